The second-order valence-corrected chi connectivity index (χ2v) is 2.78. The minimum Gasteiger partial charge on any atom is -0.477 e. The summed E-state index contributed by atoms with van der Waals surface area (Å²) in [6.45, 7) is 0. The number of aromatic carboxylic acids is 1. The molecule has 0 bridgehead atoms. The van der Waals surface area contributed by atoms with Gasteiger partial charge in [-0.15, -0.1) is 0 Å². The van der Waals surface area contributed by atoms with E-state index >= 15 is 0 Å². The number of aromatic amines is 1. The molecule has 0 aromatic carbocycles. The highest BCUT2D eigenvalue weighted by Crippen LogP contribution is 2.20. The summed E-state index contributed by atoms with van der Waals surface area (Å²) >= 11 is 5.29. The maximum Gasteiger partial charge on any atom is 0.341 e. The number of aromatic nitrogens is 1. The van der Waals surface area contributed by atoms with E-state index in [0.29, 0.717) is 0 Å². The topological polar surface area (TPSA) is 70.2 Å². The Bertz CT molecular complexity index is 429. The monoisotopic (exact) mass is 223 g/mol. The predicted octanol–water partition coefficient (Wildman–Crippen LogP) is 1.66. The number of alkyl halides is 2. The highest BCUT2D eigenvalue weighted by Gasteiger charge is 2.22. The molecule has 0 saturated carbocycles. The molecule has 4 nitrogen and oxygen atoms in total. The van der Waals surface area contributed by atoms with Gasteiger partial charge in [0.15, 0.2) is 5.43 Å². The number of carboxylic acids is 1. The lowest BCUT2D eigenvalue weighted by atomic mass is 10.2. The first kappa shape index (κ1) is 10.6. The van der Waals surface area contributed by atoms with Crippen LogP contribution in [0.2, 0.25) is 5.15 Å². The summed E-state index contributed by atoms with van der Waals surface area (Å²) in [7, 11) is 0. The molecule has 0 unspecified atom stereocenters. The highest BCUT2D eigenvalue weighted by atomic mass is 35.5. The molecule has 0 radical (unpaired) electrons. The molecule has 76 valence electrons. The molecule has 0 atom stereocenters. The smallest absolute Gasteiger partial charge is 0.341 e. The van der Waals surface area contributed by atoms with Crippen LogP contribution >= 0.6 is 11.6 Å². The fraction of sp³-hybridized carbons (Fsp3) is 0.143. The van der Waals surface area contributed by atoms with Crippen molar-refractivity contribution in [3.05, 3.63) is 32.7 Å². The lowest BCUT2D eigenvalue weighted by molar-refractivity contribution is 0.0680. The van der Waals surface area contributed by atoms with E-state index in [1.807, 2.05) is 4.98 Å². The van der Waals surface area contributed by atoms with Gasteiger partial charge in [-0.3, -0.25) is 4.79 Å². The van der Waals surface area contributed by atoms with Gasteiger partial charge >= 0.3 is 5.97 Å². The Hall–Kier alpha value is -1.43. The fourth-order valence-corrected chi connectivity index (χ4v) is 1.13. The lowest BCUT2D eigenvalue weighted by Crippen LogP contribution is -2.18. The van der Waals surface area contributed by atoms with Crippen molar-refractivity contribution < 1.29 is 18.7 Å². The van der Waals surface area contributed by atoms with Crippen molar-refractivity contribution in [2.75, 3.05) is 0 Å². The van der Waals surface area contributed by atoms with Gasteiger partial charge in [-0.05, 0) is 0 Å². The van der Waals surface area contributed by atoms with Gasteiger partial charge in [0.25, 0.3) is 6.43 Å². The van der Waals surface area contributed by atoms with Crippen LogP contribution in [0.1, 0.15) is 22.5 Å². The number of H-pyrrole nitrogens is 1. The molecule has 0 amide bonds. The quantitative estimate of drug-likeness (QED) is 0.749. The molecular weight excluding hydrogens is 220 g/mol. The van der Waals surface area contributed by atoms with E-state index in [1.165, 1.54) is 0 Å². The molecule has 1 heterocycles. The minimum absolute atomic E-state index is 0.324. The van der Waals surface area contributed by atoms with Crippen LogP contribution < -0.4 is 5.43 Å². The number of hydrogen-bond donors (Lipinski definition) is 2. The first-order valence-electron chi connectivity index (χ1n) is 3.37. The van der Waals surface area contributed by atoms with Crippen molar-refractivity contribution >= 4 is 17.6 Å². The summed E-state index contributed by atoms with van der Waals surface area (Å²) in [4.78, 5) is 23.4. The fourth-order valence-electron chi connectivity index (χ4n) is 0.931. The zero-order valence-corrected chi connectivity index (χ0v) is 7.31. The SMILES string of the molecule is O=C(O)c1c(C(F)F)[nH]c(Cl)cc1=O. The number of rotatable bonds is 2. The van der Waals surface area contributed by atoms with Crippen molar-refractivity contribution in [2.24, 2.45) is 0 Å². The predicted molar refractivity (Wildman–Crippen MR) is 44.0 cm³/mol. The molecular formula is C7H4ClF2NO3. The maximum absolute atomic E-state index is 12.3. The van der Waals surface area contributed by atoms with Crippen LogP contribution in [0.4, 0.5) is 8.78 Å². The first-order chi connectivity index (χ1) is 6.43. The highest BCUT2D eigenvalue weighted by molar-refractivity contribution is 6.29. The number of carbonyl (C=O) groups is 1. The third-order valence-electron chi connectivity index (χ3n) is 1.46. The molecule has 2 N–H and O–H groups in total. The number of nitrogens with one attached hydrogen (secondary N) is 1. The van der Waals surface area contributed by atoms with Crippen molar-refractivity contribution in [1.82, 2.24) is 4.98 Å². The van der Waals surface area contributed by atoms with Crippen LogP contribution in [0.15, 0.2) is 10.9 Å². The summed E-state index contributed by atoms with van der Waals surface area (Å²) in [5, 5.41) is 8.17. The third kappa shape index (κ3) is 1.90. The number of pyridine rings is 1. The molecule has 0 aliphatic heterocycles. The van der Waals surface area contributed by atoms with Gasteiger partial charge in [-0.25, -0.2) is 13.6 Å². The van der Waals surface area contributed by atoms with Crippen molar-refractivity contribution in [2.45, 2.75) is 6.43 Å². The van der Waals surface area contributed by atoms with E-state index < -0.39 is 29.1 Å². The Morgan fingerprint density at radius 2 is 2.14 bits per heavy atom. The molecule has 14 heavy (non-hydrogen) atoms. The molecule has 0 fully saturated rings. The summed E-state index contributed by atoms with van der Waals surface area (Å²) in [5.74, 6) is -1.71. The molecule has 1 aromatic heterocycles. The van der Waals surface area contributed by atoms with E-state index in [-0.39, 0.29) is 5.15 Å². The Morgan fingerprint density at radius 1 is 1.57 bits per heavy atom. The number of hydrogen-bond acceptors (Lipinski definition) is 2. The van der Waals surface area contributed by atoms with Gasteiger partial charge in [0.1, 0.15) is 16.4 Å². The molecule has 1 aromatic rings. The molecule has 1 rings (SSSR count). The molecule has 0 aliphatic carbocycles. The van der Waals surface area contributed by atoms with Crippen LogP contribution in [-0.4, -0.2) is 16.1 Å². The van der Waals surface area contributed by atoms with Crippen molar-refractivity contribution in [1.29, 1.82) is 0 Å². The maximum atomic E-state index is 12.3. The largest absolute Gasteiger partial charge is 0.477 e. The van der Waals surface area contributed by atoms with Crippen molar-refractivity contribution in [3.8, 4) is 0 Å². The van der Waals surface area contributed by atoms with Gasteiger partial charge in [0.05, 0.1) is 0 Å². The number of carboxylic acid groups (broad SMARTS) is 1. The summed E-state index contributed by atoms with van der Waals surface area (Å²) in [6.07, 6.45) is -3.09. The van der Waals surface area contributed by atoms with E-state index in [4.69, 9.17) is 16.7 Å². The van der Waals surface area contributed by atoms with Crippen LogP contribution in [-0.2, 0) is 0 Å². The molecule has 0 saturated heterocycles. The Labute approximate surface area is 81.1 Å². The van der Waals surface area contributed by atoms with Crippen LogP contribution in [0.25, 0.3) is 0 Å². The summed E-state index contributed by atoms with van der Waals surface area (Å²) < 4.78 is 24.5. The zero-order valence-electron chi connectivity index (χ0n) is 6.55. The standard InChI is InChI=1S/C7H4ClF2NO3/c8-3-1-2(12)4(7(13)14)5(11-3)6(9)10/h1,6H,(H,11,12)(H,13,14). The Balaban J connectivity index is 3.53. The Kier molecular flexibility index (Phi) is 2.85. The zero-order chi connectivity index (χ0) is 10.9. The number of halogens is 3. The van der Waals surface area contributed by atoms with Crippen molar-refractivity contribution in [3.63, 3.8) is 0 Å². The van der Waals surface area contributed by atoms with Gasteiger partial charge in [0.2, 0.25) is 0 Å². The average Bonchev–Trinajstić information content (AvgIpc) is 2.01. The van der Waals surface area contributed by atoms with Gasteiger partial charge in [0, 0.05) is 6.07 Å². The second-order valence-electron chi connectivity index (χ2n) is 2.38. The minimum atomic E-state index is -3.09. The van der Waals surface area contributed by atoms with Gasteiger partial charge in [-0.2, -0.15) is 0 Å². The molecule has 0 spiro atoms. The van der Waals surface area contributed by atoms with E-state index in [0.717, 1.165) is 6.07 Å². The van der Waals surface area contributed by atoms with E-state index in [9.17, 15) is 18.4 Å². The third-order valence-corrected chi connectivity index (χ3v) is 1.66. The second kappa shape index (κ2) is 3.75. The van der Waals surface area contributed by atoms with Gasteiger partial charge in [-0.1, -0.05) is 11.6 Å². The van der Waals surface area contributed by atoms with Crippen LogP contribution in [0, 0.1) is 0 Å². The first-order valence-corrected chi connectivity index (χ1v) is 3.75. The normalized spacial score (nSPS) is 10.6. The molecule has 0 aliphatic rings. The van der Waals surface area contributed by atoms with Gasteiger partial charge < -0.3 is 10.1 Å². The van der Waals surface area contributed by atoms with Crippen LogP contribution in [0.3, 0.4) is 0 Å². The summed E-state index contributed by atoms with van der Waals surface area (Å²) in [5.41, 5.74) is -3.00. The van der Waals surface area contributed by atoms with E-state index in [1.54, 1.807) is 0 Å². The average molecular weight is 224 g/mol. The lowest BCUT2D eigenvalue weighted by Gasteiger charge is -2.04. The van der Waals surface area contributed by atoms with Crippen LogP contribution in [0.5, 0.6) is 0 Å². The van der Waals surface area contributed by atoms with E-state index in [2.05, 4.69) is 0 Å². The summed E-state index contributed by atoms with van der Waals surface area (Å²) in [6, 6.07) is 0.733. The molecule has 7 heteroatoms. The Morgan fingerprint density at radius 3 is 2.57 bits per heavy atom.